The summed E-state index contributed by atoms with van der Waals surface area (Å²) in [5.41, 5.74) is 3.87. The van der Waals surface area contributed by atoms with Gasteiger partial charge < -0.3 is 0 Å². The number of benzene rings is 2. The summed E-state index contributed by atoms with van der Waals surface area (Å²) in [6.45, 7) is 3.98. The first kappa shape index (κ1) is 12.8. The van der Waals surface area contributed by atoms with E-state index in [1.807, 2.05) is 32.0 Å². The normalized spacial score (nSPS) is 10.4. The number of hydrogen-bond donors (Lipinski definition) is 0. The molecule has 3 nitrogen and oxygen atoms in total. The summed E-state index contributed by atoms with van der Waals surface area (Å²) in [6.07, 6.45) is 0. The number of para-hydroxylation sites is 1. The van der Waals surface area contributed by atoms with Crippen LogP contribution in [0.1, 0.15) is 11.1 Å². The smallest absolute Gasteiger partial charge is 0.258 e. The molecule has 2 aromatic carbocycles. The number of nitro groups is 1. The fourth-order valence-electron chi connectivity index (χ4n) is 1.94. The molecule has 2 rings (SSSR count). The summed E-state index contributed by atoms with van der Waals surface area (Å²) >= 11 is 3.47. The van der Waals surface area contributed by atoms with Crippen molar-refractivity contribution in [3.8, 4) is 11.1 Å². The van der Waals surface area contributed by atoms with Gasteiger partial charge in [-0.3, -0.25) is 10.1 Å². The van der Waals surface area contributed by atoms with E-state index >= 15 is 0 Å². The van der Waals surface area contributed by atoms with E-state index in [0.29, 0.717) is 5.56 Å². The third kappa shape index (κ3) is 2.16. The van der Waals surface area contributed by atoms with Crippen molar-refractivity contribution in [2.75, 3.05) is 0 Å². The molecule has 0 bridgehead atoms. The minimum Gasteiger partial charge on any atom is -0.258 e. The van der Waals surface area contributed by atoms with Crippen LogP contribution < -0.4 is 0 Å². The highest BCUT2D eigenvalue weighted by Gasteiger charge is 2.16. The van der Waals surface area contributed by atoms with Crippen LogP contribution in [0.3, 0.4) is 0 Å². The molecule has 4 heteroatoms. The minimum atomic E-state index is -0.341. The summed E-state index contributed by atoms with van der Waals surface area (Å²) in [6, 6.07) is 10.7. The van der Waals surface area contributed by atoms with Gasteiger partial charge in [-0.1, -0.05) is 34.1 Å². The van der Waals surface area contributed by atoms with Crippen LogP contribution in [0, 0.1) is 24.0 Å². The highest BCUT2D eigenvalue weighted by molar-refractivity contribution is 9.10. The summed E-state index contributed by atoms with van der Waals surface area (Å²) in [7, 11) is 0. The van der Waals surface area contributed by atoms with Crippen LogP contribution in [0.25, 0.3) is 11.1 Å². The maximum Gasteiger partial charge on any atom is 0.277 e. The van der Waals surface area contributed by atoms with Crippen molar-refractivity contribution in [2.45, 2.75) is 13.8 Å². The lowest BCUT2D eigenvalue weighted by atomic mass is 9.96. The van der Waals surface area contributed by atoms with E-state index in [-0.39, 0.29) is 10.6 Å². The number of hydrogen-bond acceptors (Lipinski definition) is 2. The molecule has 0 aromatic heterocycles. The topological polar surface area (TPSA) is 43.1 Å². The molecule has 0 N–H and O–H groups in total. The molecule has 0 aliphatic carbocycles. The van der Waals surface area contributed by atoms with Gasteiger partial charge in [0.05, 0.1) is 10.5 Å². The van der Waals surface area contributed by atoms with E-state index in [2.05, 4.69) is 15.9 Å². The zero-order chi connectivity index (χ0) is 13.3. The Morgan fingerprint density at radius 1 is 1.00 bits per heavy atom. The minimum absolute atomic E-state index is 0.141. The summed E-state index contributed by atoms with van der Waals surface area (Å²) in [5, 5.41) is 11.1. The monoisotopic (exact) mass is 305 g/mol. The predicted molar refractivity (Wildman–Crippen MR) is 75.7 cm³/mol. The largest absolute Gasteiger partial charge is 0.277 e. The van der Waals surface area contributed by atoms with Crippen LogP contribution in [-0.4, -0.2) is 4.92 Å². The Hall–Kier alpha value is -1.68. The summed E-state index contributed by atoms with van der Waals surface area (Å²) in [5.74, 6) is 0. The lowest BCUT2D eigenvalue weighted by Gasteiger charge is -2.10. The molecule has 0 spiro atoms. The highest BCUT2D eigenvalue weighted by atomic mass is 79.9. The van der Waals surface area contributed by atoms with Crippen LogP contribution in [0.2, 0.25) is 0 Å². The molecule has 18 heavy (non-hydrogen) atoms. The van der Waals surface area contributed by atoms with Gasteiger partial charge in [0.2, 0.25) is 0 Å². The molecule has 0 aliphatic heterocycles. The average molecular weight is 306 g/mol. The fraction of sp³-hybridized carbons (Fsp3) is 0.143. The van der Waals surface area contributed by atoms with Gasteiger partial charge in [-0.25, -0.2) is 0 Å². The van der Waals surface area contributed by atoms with Crippen molar-refractivity contribution >= 4 is 21.6 Å². The van der Waals surface area contributed by atoms with Gasteiger partial charge in [-0.15, -0.1) is 0 Å². The Bertz CT molecular complexity index is 623. The van der Waals surface area contributed by atoms with E-state index in [4.69, 9.17) is 0 Å². The van der Waals surface area contributed by atoms with E-state index in [9.17, 15) is 10.1 Å². The van der Waals surface area contributed by atoms with Crippen molar-refractivity contribution in [3.05, 3.63) is 62.1 Å². The molecule has 0 saturated heterocycles. The maximum atomic E-state index is 11.1. The van der Waals surface area contributed by atoms with Gasteiger partial charge in [0.25, 0.3) is 5.69 Å². The average Bonchev–Trinajstić information content (AvgIpc) is 2.36. The van der Waals surface area contributed by atoms with E-state index < -0.39 is 0 Å². The second-order valence-corrected chi connectivity index (χ2v) is 4.97. The molecule has 0 unspecified atom stereocenters. The lowest BCUT2D eigenvalue weighted by Crippen LogP contribution is -1.94. The van der Waals surface area contributed by atoms with E-state index in [1.165, 1.54) is 6.07 Å². The molecule has 0 atom stereocenters. The first-order valence-corrected chi connectivity index (χ1v) is 6.31. The second kappa shape index (κ2) is 4.90. The van der Waals surface area contributed by atoms with Crippen molar-refractivity contribution in [1.82, 2.24) is 0 Å². The Kier molecular flexibility index (Phi) is 3.48. The number of nitrogens with zero attached hydrogens (tertiary/aromatic N) is 1. The first-order chi connectivity index (χ1) is 8.52. The molecular weight excluding hydrogens is 294 g/mol. The Morgan fingerprint density at radius 2 is 1.67 bits per heavy atom. The van der Waals surface area contributed by atoms with Gasteiger partial charge in [-0.05, 0) is 42.7 Å². The van der Waals surface area contributed by atoms with Crippen LogP contribution in [0.5, 0.6) is 0 Å². The van der Waals surface area contributed by atoms with E-state index in [1.54, 1.807) is 12.1 Å². The van der Waals surface area contributed by atoms with Crippen molar-refractivity contribution < 1.29 is 4.92 Å². The molecule has 2 aromatic rings. The zero-order valence-electron chi connectivity index (χ0n) is 10.1. The Balaban J connectivity index is 2.70. The third-order valence-corrected chi connectivity index (χ3v) is 3.97. The van der Waals surface area contributed by atoms with Gasteiger partial charge >= 0.3 is 0 Å². The highest BCUT2D eigenvalue weighted by Crippen LogP contribution is 2.34. The Morgan fingerprint density at radius 3 is 2.33 bits per heavy atom. The molecular formula is C14H12BrNO2. The number of rotatable bonds is 2. The molecule has 0 fully saturated rings. The quantitative estimate of drug-likeness (QED) is 0.599. The standard InChI is InChI=1S/C14H12BrNO2/c1-9-10(2)13(15)8-7-11(9)12-5-3-4-6-14(12)16(17)18/h3-8H,1-2H3. The molecule has 0 radical (unpaired) electrons. The van der Waals surface area contributed by atoms with Crippen LogP contribution in [0.15, 0.2) is 40.9 Å². The first-order valence-electron chi connectivity index (χ1n) is 5.52. The summed E-state index contributed by atoms with van der Waals surface area (Å²) in [4.78, 5) is 10.7. The molecule has 0 saturated carbocycles. The summed E-state index contributed by atoms with van der Waals surface area (Å²) < 4.78 is 1.02. The van der Waals surface area contributed by atoms with Crippen LogP contribution in [0.4, 0.5) is 5.69 Å². The van der Waals surface area contributed by atoms with Crippen molar-refractivity contribution in [1.29, 1.82) is 0 Å². The Labute approximate surface area is 114 Å². The molecule has 0 aliphatic rings. The van der Waals surface area contributed by atoms with Gasteiger partial charge in [0.15, 0.2) is 0 Å². The maximum absolute atomic E-state index is 11.1. The van der Waals surface area contributed by atoms with Gasteiger partial charge in [0, 0.05) is 10.5 Å². The number of halogens is 1. The predicted octanol–water partition coefficient (Wildman–Crippen LogP) is 4.64. The SMILES string of the molecule is Cc1c(Br)ccc(-c2ccccc2[N+](=O)[O-])c1C. The molecule has 0 heterocycles. The fourth-order valence-corrected chi connectivity index (χ4v) is 2.37. The molecule has 92 valence electrons. The zero-order valence-corrected chi connectivity index (χ0v) is 11.7. The third-order valence-electron chi connectivity index (χ3n) is 3.11. The van der Waals surface area contributed by atoms with Crippen molar-refractivity contribution in [3.63, 3.8) is 0 Å². The molecule has 0 amide bonds. The van der Waals surface area contributed by atoms with Gasteiger partial charge in [0.1, 0.15) is 0 Å². The van der Waals surface area contributed by atoms with E-state index in [0.717, 1.165) is 21.2 Å². The van der Waals surface area contributed by atoms with Crippen molar-refractivity contribution in [2.24, 2.45) is 0 Å². The second-order valence-electron chi connectivity index (χ2n) is 4.12. The van der Waals surface area contributed by atoms with Gasteiger partial charge in [-0.2, -0.15) is 0 Å². The number of nitro benzene ring substituents is 1. The lowest BCUT2D eigenvalue weighted by molar-refractivity contribution is -0.384. The van der Waals surface area contributed by atoms with Crippen LogP contribution in [-0.2, 0) is 0 Å². The van der Waals surface area contributed by atoms with Crippen LogP contribution >= 0.6 is 15.9 Å².